The molecular formula is C21H30N2O4. The van der Waals surface area contributed by atoms with E-state index in [1.807, 2.05) is 26.0 Å². The van der Waals surface area contributed by atoms with Crippen molar-refractivity contribution in [3.63, 3.8) is 0 Å². The van der Waals surface area contributed by atoms with Crippen molar-refractivity contribution >= 4 is 11.7 Å². The molecule has 6 nitrogen and oxygen atoms in total. The lowest BCUT2D eigenvalue weighted by molar-refractivity contribution is -0.178. The number of ketones is 1. The van der Waals surface area contributed by atoms with Gasteiger partial charge in [-0.25, -0.2) is 0 Å². The van der Waals surface area contributed by atoms with Crippen LogP contribution in [0.15, 0.2) is 35.6 Å². The maximum absolute atomic E-state index is 12.5. The molecule has 2 aliphatic carbocycles. The highest BCUT2D eigenvalue weighted by Gasteiger charge is 2.62. The molecule has 1 aliphatic heterocycles. The molecule has 0 spiro atoms. The lowest BCUT2D eigenvalue weighted by Gasteiger charge is -2.60. The SMILES string of the molecule is C=CCN1CC[C@]2(C3=C(O)C(C(N)=O)CC=C3C)CC(=O)CC[C@@]2(O)[C@H]1C. The van der Waals surface area contributed by atoms with Crippen LogP contribution < -0.4 is 5.73 Å². The summed E-state index contributed by atoms with van der Waals surface area (Å²) in [6.07, 6.45) is 5.41. The lowest BCUT2D eigenvalue weighted by atomic mass is 9.51. The number of nitrogens with zero attached hydrogens (tertiary/aromatic N) is 1. The van der Waals surface area contributed by atoms with Crippen molar-refractivity contribution in [2.24, 2.45) is 17.1 Å². The van der Waals surface area contributed by atoms with Crippen LogP contribution in [0.1, 0.15) is 46.0 Å². The summed E-state index contributed by atoms with van der Waals surface area (Å²) < 4.78 is 0. The lowest BCUT2D eigenvalue weighted by Crippen LogP contribution is -2.68. The molecule has 1 unspecified atom stereocenters. The molecule has 0 radical (unpaired) electrons. The second-order valence-corrected chi connectivity index (χ2v) is 8.27. The monoisotopic (exact) mass is 374 g/mol. The molecule has 1 heterocycles. The molecule has 0 aromatic rings. The molecule has 0 aromatic carbocycles. The van der Waals surface area contributed by atoms with Crippen LogP contribution >= 0.6 is 0 Å². The number of carbonyl (C=O) groups excluding carboxylic acids is 2. The van der Waals surface area contributed by atoms with E-state index in [0.717, 1.165) is 5.57 Å². The molecule has 3 aliphatic rings. The molecule has 4 atom stereocenters. The summed E-state index contributed by atoms with van der Waals surface area (Å²) in [5.74, 6) is -1.38. The van der Waals surface area contributed by atoms with E-state index < -0.39 is 22.8 Å². The Bertz CT molecular complexity index is 740. The first-order valence-electron chi connectivity index (χ1n) is 9.67. The Balaban J connectivity index is 2.18. The molecule has 1 saturated heterocycles. The Labute approximate surface area is 160 Å². The summed E-state index contributed by atoms with van der Waals surface area (Å²) >= 11 is 0. The van der Waals surface area contributed by atoms with Crippen LogP contribution in [0.25, 0.3) is 0 Å². The number of amides is 1. The number of rotatable bonds is 4. The highest BCUT2D eigenvalue weighted by atomic mass is 16.3. The maximum Gasteiger partial charge on any atom is 0.228 e. The van der Waals surface area contributed by atoms with Crippen LogP contribution in [-0.2, 0) is 9.59 Å². The van der Waals surface area contributed by atoms with Crippen LogP contribution in [-0.4, -0.2) is 51.5 Å². The molecule has 0 bridgehead atoms. The second-order valence-electron chi connectivity index (χ2n) is 8.27. The van der Waals surface area contributed by atoms with Crippen LogP contribution in [0.4, 0.5) is 0 Å². The topological polar surface area (TPSA) is 104 Å². The number of aliphatic hydroxyl groups excluding tert-OH is 1. The van der Waals surface area contributed by atoms with Crippen LogP contribution in [0.2, 0.25) is 0 Å². The van der Waals surface area contributed by atoms with E-state index in [0.29, 0.717) is 44.3 Å². The zero-order valence-corrected chi connectivity index (χ0v) is 16.2. The number of fused-ring (bicyclic) bond motifs is 1. The van der Waals surface area contributed by atoms with Gasteiger partial charge in [-0.1, -0.05) is 12.2 Å². The Hall–Kier alpha value is -1.92. The fourth-order valence-corrected chi connectivity index (χ4v) is 5.49. The van der Waals surface area contributed by atoms with Gasteiger partial charge < -0.3 is 15.9 Å². The third-order valence-electron chi connectivity index (χ3n) is 7.00. The zero-order valence-electron chi connectivity index (χ0n) is 16.2. The van der Waals surface area contributed by atoms with Gasteiger partial charge in [0.2, 0.25) is 5.91 Å². The van der Waals surface area contributed by atoms with Gasteiger partial charge in [0.1, 0.15) is 11.5 Å². The van der Waals surface area contributed by atoms with E-state index in [2.05, 4.69) is 11.5 Å². The Kier molecular flexibility index (Phi) is 5.08. The molecule has 4 N–H and O–H groups in total. The highest BCUT2D eigenvalue weighted by Crippen LogP contribution is 2.59. The summed E-state index contributed by atoms with van der Waals surface area (Å²) in [5.41, 5.74) is 4.79. The van der Waals surface area contributed by atoms with Gasteiger partial charge in [-0.3, -0.25) is 14.5 Å². The van der Waals surface area contributed by atoms with Crippen molar-refractivity contribution in [1.82, 2.24) is 4.90 Å². The first kappa shape index (κ1) is 19.8. The fraction of sp³-hybridized carbons (Fsp3) is 0.619. The summed E-state index contributed by atoms with van der Waals surface area (Å²) in [6, 6.07) is -0.209. The van der Waals surface area contributed by atoms with E-state index in [1.165, 1.54) is 0 Å². The number of Topliss-reactive ketones (excluding diaryl/α,β-unsaturated/α-hetero) is 1. The molecular weight excluding hydrogens is 344 g/mol. The number of hydrogen-bond acceptors (Lipinski definition) is 5. The van der Waals surface area contributed by atoms with Gasteiger partial charge in [-0.2, -0.15) is 0 Å². The van der Waals surface area contributed by atoms with Crippen molar-refractivity contribution in [3.05, 3.63) is 35.6 Å². The number of nitrogens with two attached hydrogens (primary N) is 1. The normalized spacial score (nSPS) is 37.6. The number of piperidine rings is 1. The van der Waals surface area contributed by atoms with Crippen LogP contribution in [0.3, 0.4) is 0 Å². The molecule has 0 aromatic heterocycles. The van der Waals surface area contributed by atoms with Gasteiger partial charge >= 0.3 is 0 Å². The average Bonchev–Trinajstić information content (AvgIpc) is 2.60. The molecule has 3 rings (SSSR count). The third-order valence-corrected chi connectivity index (χ3v) is 7.00. The first-order chi connectivity index (χ1) is 12.7. The second kappa shape index (κ2) is 6.91. The summed E-state index contributed by atoms with van der Waals surface area (Å²) in [6.45, 7) is 8.97. The highest BCUT2D eigenvalue weighted by molar-refractivity contribution is 5.83. The van der Waals surface area contributed by atoms with Crippen molar-refractivity contribution in [1.29, 1.82) is 0 Å². The minimum absolute atomic E-state index is 0.0694. The minimum Gasteiger partial charge on any atom is -0.511 e. The maximum atomic E-state index is 12.5. The van der Waals surface area contributed by atoms with E-state index >= 15 is 0 Å². The number of hydrogen-bond donors (Lipinski definition) is 3. The Morgan fingerprint density at radius 2 is 2.19 bits per heavy atom. The average molecular weight is 374 g/mol. The number of likely N-dealkylation sites (tertiary alicyclic amines) is 1. The zero-order chi connectivity index (χ0) is 20.0. The van der Waals surface area contributed by atoms with E-state index in [1.54, 1.807) is 0 Å². The largest absolute Gasteiger partial charge is 0.511 e. The van der Waals surface area contributed by atoms with Gasteiger partial charge in [-0.15, -0.1) is 6.58 Å². The van der Waals surface area contributed by atoms with E-state index in [9.17, 15) is 19.8 Å². The molecule has 148 valence electrons. The van der Waals surface area contributed by atoms with Crippen molar-refractivity contribution in [3.8, 4) is 0 Å². The van der Waals surface area contributed by atoms with E-state index in [-0.39, 0.29) is 24.0 Å². The number of carbonyl (C=O) groups is 2. The van der Waals surface area contributed by atoms with Gasteiger partial charge in [0.25, 0.3) is 0 Å². The summed E-state index contributed by atoms with van der Waals surface area (Å²) in [4.78, 5) is 26.5. The molecule has 2 fully saturated rings. The van der Waals surface area contributed by atoms with Crippen LogP contribution in [0, 0.1) is 11.3 Å². The molecule has 6 heteroatoms. The van der Waals surface area contributed by atoms with Gasteiger partial charge in [0, 0.05) is 36.4 Å². The predicted molar refractivity (Wildman–Crippen MR) is 103 cm³/mol. The van der Waals surface area contributed by atoms with Crippen LogP contribution in [0.5, 0.6) is 0 Å². The van der Waals surface area contributed by atoms with Crippen molar-refractivity contribution in [2.75, 3.05) is 13.1 Å². The molecule has 27 heavy (non-hydrogen) atoms. The smallest absolute Gasteiger partial charge is 0.228 e. The number of allylic oxidation sites excluding steroid dienone is 2. The fourth-order valence-electron chi connectivity index (χ4n) is 5.49. The van der Waals surface area contributed by atoms with Gasteiger partial charge in [-0.05, 0) is 45.2 Å². The first-order valence-corrected chi connectivity index (χ1v) is 9.67. The Morgan fingerprint density at radius 1 is 1.48 bits per heavy atom. The molecule has 1 amide bonds. The van der Waals surface area contributed by atoms with Gasteiger partial charge in [0.05, 0.1) is 11.5 Å². The standard InChI is InChI=1S/C21H30N2O4/c1-4-10-23-11-9-20(12-15(24)7-8-21(20,27)14(23)3)17-13(2)5-6-16(18(17)25)19(22)26/h4-5,14,16,25,27H,1,6-12H2,2-3H3,(H2,22,26)/t14-,16?,20-,21-/m1/s1. The quantitative estimate of drug-likeness (QED) is 0.653. The summed E-state index contributed by atoms with van der Waals surface area (Å²) in [7, 11) is 0. The predicted octanol–water partition coefficient (Wildman–Crippen LogP) is 2.00. The molecule has 1 saturated carbocycles. The number of aliphatic hydroxyl groups is 2. The van der Waals surface area contributed by atoms with Gasteiger partial charge in [0.15, 0.2) is 0 Å². The Morgan fingerprint density at radius 3 is 2.81 bits per heavy atom. The van der Waals surface area contributed by atoms with Crippen molar-refractivity contribution in [2.45, 2.75) is 57.6 Å². The van der Waals surface area contributed by atoms with E-state index in [4.69, 9.17) is 5.73 Å². The third kappa shape index (κ3) is 2.86. The summed E-state index contributed by atoms with van der Waals surface area (Å²) in [5, 5.41) is 22.9. The van der Waals surface area contributed by atoms with Crippen molar-refractivity contribution < 1.29 is 19.8 Å². The minimum atomic E-state index is -1.18. The number of primary amides is 1.